The van der Waals surface area contributed by atoms with E-state index in [9.17, 15) is 0 Å². The first-order chi connectivity index (χ1) is 11.7. The minimum Gasteiger partial charge on any atom is -0.350 e. The normalized spacial score (nSPS) is 13.5. The Labute approximate surface area is 145 Å². The molecule has 5 heteroatoms. The third-order valence-corrected chi connectivity index (χ3v) is 3.93. The van der Waals surface area contributed by atoms with E-state index < -0.39 is 0 Å². The predicted octanol–water partition coefficient (Wildman–Crippen LogP) is 0.917. The number of aliphatic imine (C=N–C) groups is 1. The highest BCUT2D eigenvalue weighted by Crippen LogP contribution is 2.08. The van der Waals surface area contributed by atoms with Crippen LogP contribution in [-0.2, 0) is 0 Å². The van der Waals surface area contributed by atoms with Crippen LogP contribution in [0.3, 0.4) is 0 Å². The summed E-state index contributed by atoms with van der Waals surface area (Å²) >= 11 is 3.41. The number of aromatic amines is 3. The Hall–Kier alpha value is -2.97. The molecule has 0 saturated heterocycles. The Morgan fingerprint density at radius 2 is 1.67 bits per heavy atom. The summed E-state index contributed by atoms with van der Waals surface area (Å²) in [4.78, 5) is 14.0. The van der Waals surface area contributed by atoms with Gasteiger partial charge in [-0.1, -0.05) is 11.5 Å². The molecule has 0 unspecified atom stereocenters. The summed E-state index contributed by atoms with van der Waals surface area (Å²) in [5.74, 6) is 0. The van der Waals surface area contributed by atoms with E-state index in [4.69, 9.17) is 0 Å². The van der Waals surface area contributed by atoms with Crippen molar-refractivity contribution in [2.45, 2.75) is 0 Å². The van der Waals surface area contributed by atoms with Gasteiger partial charge in [0.25, 0.3) is 0 Å². The van der Waals surface area contributed by atoms with Gasteiger partial charge in [0.15, 0.2) is 0 Å². The maximum Gasteiger partial charge on any atom is 0.107 e. The largest absolute Gasteiger partial charge is 0.350 e. The molecule has 116 valence electrons. The first-order valence-corrected chi connectivity index (χ1v) is 8.23. The second kappa shape index (κ2) is 6.26. The van der Waals surface area contributed by atoms with Gasteiger partial charge in [-0.2, -0.15) is 0 Å². The molecule has 0 saturated carbocycles. The molecular formula is C19H13BrN4. The van der Waals surface area contributed by atoms with Crippen molar-refractivity contribution in [3.8, 4) is 0 Å². The molecule has 4 heterocycles. The van der Waals surface area contributed by atoms with Crippen LogP contribution in [0.2, 0.25) is 0 Å². The lowest BCUT2D eigenvalue weighted by Crippen LogP contribution is -2.13. The van der Waals surface area contributed by atoms with Gasteiger partial charge in [-0.25, -0.2) is 4.99 Å². The number of rotatable bonds is 1. The predicted molar refractivity (Wildman–Crippen MR) is 99.2 cm³/mol. The number of aromatic nitrogens is 3. The summed E-state index contributed by atoms with van der Waals surface area (Å²) in [7, 11) is 0. The third-order valence-electron chi connectivity index (χ3n) is 3.46. The molecular weight excluding hydrogens is 364 g/mol. The van der Waals surface area contributed by atoms with E-state index in [2.05, 4.69) is 47.3 Å². The van der Waals surface area contributed by atoms with Crippen LogP contribution < -0.4 is 21.4 Å². The minimum atomic E-state index is 0.817. The monoisotopic (exact) mass is 376 g/mol. The van der Waals surface area contributed by atoms with Gasteiger partial charge in [-0.05, 0) is 70.6 Å². The fourth-order valence-electron chi connectivity index (χ4n) is 2.40. The summed E-state index contributed by atoms with van der Waals surface area (Å²) in [6.45, 7) is 0. The van der Waals surface area contributed by atoms with Crippen molar-refractivity contribution in [2.75, 3.05) is 0 Å². The zero-order valence-electron chi connectivity index (χ0n) is 12.6. The van der Waals surface area contributed by atoms with Crippen molar-refractivity contribution in [3.05, 3.63) is 85.9 Å². The average Bonchev–Trinajstić information content (AvgIpc) is 3.32. The molecule has 0 atom stereocenters. The molecule has 0 spiro atoms. The lowest BCUT2D eigenvalue weighted by atomic mass is 10.4. The number of nitrogens with one attached hydrogen (secondary N) is 3. The SMILES string of the molecule is Brc1ccc(C=c2ccc(=C=c3ccc(=C=C4C=CC=N4)[nH]3)[nH]2)[nH]1. The molecule has 0 radical (unpaired) electrons. The zero-order chi connectivity index (χ0) is 16.4. The second-order valence-corrected chi connectivity index (χ2v) is 6.15. The van der Waals surface area contributed by atoms with Crippen molar-refractivity contribution in [1.29, 1.82) is 0 Å². The highest BCUT2D eigenvalue weighted by Gasteiger charge is 1.92. The molecule has 0 amide bonds. The van der Waals surface area contributed by atoms with Crippen LogP contribution in [-0.4, -0.2) is 21.2 Å². The Morgan fingerprint density at radius 3 is 2.42 bits per heavy atom. The molecule has 0 bridgehead atoms. The molecule has 3 aromatic rings. The number of H-pyrrole nitrogens is 3. The van der Waals surface area contributed by atoms with E-state index in [1.54, 1.807) is 6.21 Å². The van der Waals surface area contributed by atoms with E-state index in [1.165, 1.54) is 0 Å². The summed E-state index contributed by atoms with van der Waals surface area (Å²) in [6, 6.07) is 11.9. The number of nitrogens with zero attached hydrogens (tertiary/aromatic N) is 1. The highest BCUT2D eigenvalue weighted by atomic mass is 79.9. The number of halogens is 1. The van der Waals surface area contributed by atoms with Gasteiger partial charge < -0.3 is 15.0 Å². The molecule has 3 N–H and O–H groups in total. The Bertz CT molecular complexity index is 1220. The fraction of sp³-hybridized carbons (Fsp3) is 0. The van der Waals surface area contributed by atoms with Gasteiger partial charge in [0.1, 0.15) is 5.70 Å². The van der Waals surface area contributed by atoms with Crippen LogP contribution in [0.15, 0.2) is 63.8 Å². The van der Waals surface area contributed by atoms with Gasteiger partial charge in [0.2, 0.25) is 0 Å². The van der Waals surface area contributed by atoms with E-state index >= 15 is 0 Å². The van der Waals surface area contributed by atoms with Gasteiger partial charge >= 0.3 is 0 Å². The molecule has 4 rings (SSSR count). The van der Waals surface area contributed by atoms with Crippen molar-refractivity contribution >= 4 is 39.7 Å². The molecule has 4 nitrogen and oxygen atoms in total. The topological polar surface area (TPSA) is 59.7 Å². The summed E-state index contributed by atoms with van der Waals surface area (Å²) < 4.78 is 0.962. The van der Waals surface area contributed by atoms with Crippen LogP contribution in [0.4, 0.5) is 0 Å². The van der Waals surface area contributed by atoms with Crippen LogP contribution in [0.1, 0.15) is 5.69 Å². The highest BCUT2D eigenvalue weighted by molar-refractivity contribution is 9.10. The lowest BCUT2D eigenvalue weighted by molar-refractivity contribution is 1.24. The van der Waals surface area contributed by atoms with E-state index in [-0.39, 0.29) is 0 Å². The van der Waals surface area contributed by atoms with Gasteiger partial charge in [0.05, 0.1) is 20.7 Å². The summed E-state index contributed by atoms with van der Waals surface area (Å²) in [6.07, 6.45) is 7.60. The smallest absolute Gasteiger partial charge is 0.107 e. The maximum atomic E-state index is 4.18. The first kappa shape index (κ1) is 14.6. The quantitative estimate of drug-likeness (QED) is 0.565. The van der Waals surface area contributed by atoms with Gasteiger partial charge in [-0.3, -0.25) is 0 Å². The Balaban J connectivity index is 1.79. The molecule has 24 heavy (non-hydrogen) atoms. The van der Waals surface area contributed by atoms with Gasteiger partial charge in [0, 0.05) is 17.3 Å². The maximum absolute atomic E-state index is 4.18. The van der Waals surface area contributed by atoms with Crippen LogP contribution in [0, 0.1) is 0 Å². The van der Waals surface area contributed by atoms with Crippen LogP contribution in [0.5, 0.6) is 0 Å². The van der Waals surface area contributed by atoms with Crippen molar-refractivity contribution in [2.24, 2.45) is 4.99 Å². The van der Waals surface area contributed by atoms with E-state index in [0.29, 0.717) is 0 Å². The molecule has 1 aliphatic rings. The van der Waals surface area contributed by atoms with E-state index in [0.717, 1.165) is 37.4 Å². The Morgan fingerprint density at radius 1 is 0.875 bits per heavy atom. The first-order valence-electron chi connectivity index (χ1n) is 7.44. The zero-order valence-corrected chi connectivity index (χ0v) is 14.2. The second-order valence-electron chi connectivity index (χ2n) is 5.29. The van der Waals surface area contributed by atoms with Crippen LogP contribution >= 0.6 is 15.9 Å². The van der Waals surface area contributed by atoms with Gasteiger partial charge in [-0.15, -0.1) is 0 Å². The summed E-state index contributed by atoms with van der Waals surface area (Å²) in [5, 5.41) is 3.69. The van der Waals surface area contributed by atoms with Crippen molar-refractivity contribution in [3.63, 3.8) is 0 Å². The number of hydrogen-bond donors (Lipinski definition) is 3. The third kappa shape index (κ3) is 3.34. The van der Waals surface area contributed by atoms with E-state index in [1.807, 2.05) is 54.6 Å². The number of allylic oxidation sites excluding steroid dienone is 2. The molecule has 0 fully saturated rings. The average molecular weight is 377 g/mol. The van der Waals surface area contributed by atoms with Crippen LogP contribution in [0.25, 0.3) is 17.5 Å². The standard InChI is InChI=1S/C19H13BrN4/c20-19-8-7-18(24-19)12-17-6-5-16(23-17)11-15-4-3-14(22-15)10-13-2-1-9-21-13/h1-9,12,22-24H. The molecule has 0 aliphatic carbocycles. The van der Waals surface area contributed by atoms with Crippen molar-refractivity contribution in [1.82, 2.24) is 15.0 Å². The van der Waals surface area contributed by atoms with Crippen molar-refractivity contribution < 1.29 is 0 Å². The lowest BCUT2D eigenvalue weighted by Gasteiger charge is -1.83. The molecule has 3 aromatic heterocycles. The fourth-order valence-corrected chi connectivity index (χ4v) is 2.76. The summed E-state index contributed by atoms with van der Waals surface area (Å²) in [5.41, 5.74) is 8.35. The molecule has 0 aromatic carbocycles. The number of hydrogen-bond acceptors (Lipinski definition) is 1. The minimum absolute atomic E-state index is 0.817. The molecule has 1 aliphatic heterocycles. The Kier molecular flexibility index (Phi) is 3.81.